The Balaban J connectivity index is 1.74. The Morgan fingerprint density at radius 1 is 0.833 bits per heavy atom. The molecule has 0 spiro atoms. The van der Waals surface area contributed by atoms with Gasteiger partial charge in [-0.2, -0.15) is 0 Å². The molecule has 1 amide bonds. The van der Waals surface area contributed by atoms with Gasteiger partial charge in [0.05, 0.1) is 4.88 Å². The van der Waals surface area contributed by atoms with E-state index in [-0.39, 0.29) is 5.91 Å². The van der Waals surface area contributed by atoms with E-state index < -0.39 is 0 Å². The lowest BCUT2D eigenvalue weighted by Gasteiger charge is -2.04. The van der Waals surface area contributed by atoms with Crippen LogP contribution in [0.1, 0.15) is 106 Å². The summed E-state index contributed by atoms with van der Waals surface area (Å²) in [4.78, 5) is 12.6. The summed E-state index contributed by atoms with van der Waals surface area (Å²) in [6, 6.07) is 3.80. The number of amides is 1. The van der Waals surface area contributed by atoms with Crippen LogP contribution in [0.3, 0.4) is 0 Å². The molecule has 0 saturated heterocycles. The number of nitrogens with one attached hydrogen (secondary N) is 1. The molecular formula is C21H37NOS. The molecule has 1 heterocycles. The molecule has 138 valence electrons. The molecule has 1 aromatic heterocycles. The predicted octanol–water partition coefficient (Wildman–Crippen LogP) is 6.96. The predicted molar refractivity (Wildman–Crippen MR) is 107 cm³/mol. The summed E-state index contributed by atoms with van der Waals surface area (Å²) in [7, 11) is 0. The summed E-state index contributed by atoms with van der Waals surface area (Å²) in [5, 5.41) is 4.95. The summed E-state index contributed by atoms with van der Waals surface area (Å²) >= 11 is 1.51. The summed E-state index contributed by atoms with van der Waals surface area (Å²) in [5.74, 6) is 0.0831. The second kappa shape index (κ2) is 15.7. The summed E-state index contributed by atoms with van der Waals surface area (Å²) in [5.41, 5.74) is 0. The molecule has 0 aliphatic rings. The Kier molecular flexibility index (Phi) is 13.9. The van der Waals surface area contributed by atoms with Crippen LogP contribution in [0.25, 0.3) is 0 Å². The van der Waals surface area contributed by atoms with Gasteiger partial charge in [-0.15, -0.1) is 11.3 Å². The normalized spacial score (nSPS) is 10.9. The highest BCUT2D eigenvalue weighted by molar-refractivity contribution is 7.12. The largest absolute Gasteiger partial charge is 0.351 e. The number of rotatable bonds is 16. The average Bonchev–Trinajstić information content (AvgIpc) is 3.13. The minimum Gasteiger partial charge on any atom is -0.351 e. The van der Waals surface area contributed by atoms with Crippen LogP contribution in [-0.2, 0) is 0 Å². The van der Waals surface area contributed by atoms with Gasteiger partial charge in [0, 0.05) is 6.54 Å². The van der Waals surface area contributed by atoms with Crippen molar-refractivity contribution in [3.8, 4) is 0 Å². The zero-order chi connectivity index (χ0) is 17.3. The summed E-state index contributed by atoms with van der Waals surface area (Å²) in [6.45, 7) is 3.09. The van der Waals surface area contributed by atoms with Gasteiger partial charge >= 0.3 is 0 Å². The number of thiophene rings is 1. The second-order valence-electron chi connectivity index (χ2n) is 6.83. The Morgan fingerprint density at radius 2 is 1.33 bits per heavy atom. The SMILES string of the molecule is CCCCCCCCCCCCCCCCNC(=O)c1cccs1. The van der Waals surface area contributed by atoms with Gasteiger partial charge in [0.2, 0.25) is 0 Å². The van der Waals surface area contributed by atoms with E-state index >= 15 is 0 Å². The van der Waals surface area contributed by atoms with Crippen LogP contribution in [0.15, 0.2) is 17.5 Å². The zero-order valence-electron chi connectivity index (χ0n) is 15.7. The first kappa shape index (κ1) is 21.2. The van der Waals surface area contributed by atoms with Crippen molar-refractivity contribution in [3.63, 3.8) is 0 Å². The van der Waals surface area contributed by atoms with Crippen LogP contribution >= 0.6 is 11.3 Å². The molecule has 0 aliphatic carbocycles. The molecule has 24 heavy (non-hydrogen) atoms. The second-order valence-corrected chi connectivity index (χ2v) is 7.78. The summed E-state index contributed by atoms with van der Waals surface area (Å²) < 4.78 is 0. The maximum Gasteiger partial charge on any atom is 0.261 e. The van der Waals surface area contributed by atoms with Gasteiger partial charge in [0.15, 0.2) is 0 Å². The van der Waals surface area contributed by atoms with E-state index in [4.69, 9.17) is 0 Å². The molecule has 0 aliphatic heterocycles. The highest BCUT2D eigenvalue weighted by Gasteiger charge is 2.04. The molecule has 0 saturated carbocycles. The Bertz CT molecular complexity index is 389. The van der Waals surface area contributed by atoms with Crippen molar-refractivity contribution in [2.45, 2.75) is 96.8 Å². The van der Waals surface area contributed by atoms with Crippen molar-refractivity contribution in [3.05, 3.63) is 22.4 Å². The molecular weight excluding hydrogens is 314 g/mol. The third-order valence-corrected chi connectivity index (χ3v) is 5.43. The lowest BCUT2D eigenvalue weighted by atomic mass is 10.0. The lowest BCUT2D eigenvalue weighted by molar-refractivity contribution is 0.0957. The van der Waals surface area contributed by atoms with Gasteiger partial charge in [-0.05, 0) is 17.9 Å². The zero-order valence-corrected chi connectivity index (χ0v) is 16.5. The van der Waals surface area contributed by atoms with Crippen LogP contribution in [-0.4, -0.2) is 12.5 Å². The third kappa shape index (κ3) is 11.7. The Morgan fingerprint density at radius 3 is 1.79 bits per heavy atom. The first-order valence-corrected chi connectivity index (χ1v) is 11.0. The van der Waals surface area contributed by atoms with E-state index in [1.165, 1.54) is 94.8 Å². The number of carbonyl (C=O) groups is 1. The van der Waals surface area contributed by atoms with E-state index in [1.807, 2.05) is 17.5 Å². The standard InChI is InChI=1S/C21H37NOS/c1-2-3-4-5-6-7-8-9-10-11-12-13-14-15-18-22-21(23)20-17-16-19-24-20/h16-17,19H,2-15,18H2,1H3,(H,22,23). The topological polar surface area (TPSA) is 29.1 Å². The van der Waals surface area contributed by atoms with Crippen LogP contribution in [0.5, 0.6) is 0 Å². The first-order chi connectivity index (χ1) is 11.8. The fraction of sp³-hybridized carbons (Fsp3) is 0.762. The van der Waals surface area contributed by atoms with Crippen LogP contribution < -0.4 is 5.32 Å². The summed E-state index contributed by atoms with van der Waals surface area (Å²) in [6.07, 6.45) is 19.2. The molecule has 1 rings (SSSR count). The van der Waals surface area contributed by atoms with Crippen molar-refractivity contribution in [1.29, 1.82) is 0 Å². The smallest absolute Gasteiger partial charge is 0.261 e. The highest BCUT2D eigenvalue weighted by Crippen LogP contribution is 2.13. The van der Waals surface area contributed by atoms with Crippen molar-refractivity contribution >= 4 is 17.2 Å². The molecule has 1 N–H and O–H groups in total. The maximum absolute atomic E-state index is 11.7. The van der Waals surface area contributed by atoms with Gasteiger partial charge in [-0.25, -0.2) is 0 Å². The van der Waals surface area contributed by atoms with Crippen LogP contribution in [0, 0.1) is 0 Å². The van der Waals surface area contributed by atoms with Crippen LogP contribution in [0.4, 0.5) is 0 Å². The molecule has 0 fully saturated rings. The van der Waals surface area contributed by atoms with Crippen molar-refractivity contribution in [2.75, 3.05) is 6.54 Å². The molecule has 2 nitrogen and oxygen atoms in total. The Hall–Kier alpha value is -0.830. The Labute approximate surface area is 153 Å². The molecule has 0 bridgehead atoms. The monoisotopic (exact) mass is 351 g/mol. The lowest BCUT2D eigenvalue weighted by Crippen LogP contribution is -2.23. The first-order valence-electron chi connectivity index (χ1n) is 10.2. The maximum atomic E-state index is 11.7. The molecule has 1 aromatic rings. The van der Waals surface area contributed by atoms with E-state index in [1.54, 1.807) is 0 Å². The van der Waals surface area contributed by atoms with Gasteiger partial charge in [-0.3, -0.25) is 4.79 Å². The van der Waals surface area contributed by atoms with Crippen LogP contribution in [0.2, 0.25) is 0 Å². The number of hydrogen-bond donors (Lipinski definition) is 1. The minimum atomic E-state index is 0.0831. The number of carbonyl (C=O) groups excluding carboxylic acids is 1. The van der Waals surface area contributed by atoms with E-state index in [0.717, 1.165) is 17.8 Å². The molecule has 0 radical (unpaired) electrons. The fourth-order valence-corrected chi connectivity index (χ4v) is 3.66. The quantitative estimate of drug-likeness (QED) is 0.320. The molecule has 0 unspecified atom stereocenters. The van der Waals surface area contributed by atoms with E-state index in [0.29, 0.717) is 0 Å². The average molecular weight is 352 g/mol. The number of unbranched alkanes of at least 4 members (excludes halogenated alkanes) is 13. The molecule has 0 aromatic carbocycles. The van der Waals surface area contributed by atoms with Gasteiger partial charge in [0.1, 0.15) is 0 Å². The third-order valence-electron chi connectivity index (χ3n) is 4.56. The molecule has 0 atom stereocenters. The fourth-order valence-electron chi connectivity index (χ4n) is 3.02. The van der Waals surface area contributed by atoms with E-state index in [9.17, 15) is 4.79 Å². The molecule has 3 heteroatoms. The van der Waals surface area contributed by atoms with Crippen molar-refractivity contribution in [2.24, 2.45) is 0 Å². The van der Waals surface area contributed by atoms with Crippen molar-refractivity contribution < 1.29 is 4.79 Å². The minimum absolute atomic E-state index is 0.0831. The van der Waals surface area contributed by atoms with Gasteiger partial charge in [0.25, 0.3) is 5.91 Å². The number of hydrogen-bond acceptors (Lipinski definition) is 2. The van der Waals surface area contributed by atoms with Crippen molar-refractivity contribution in [1.82, 2.24) is 5.32 Å². The van der Waals surface area contributed by atoms with Gasteiger partial charge in [-0.1, -0.05) is 96.5 Å². The van der Waals surface area contributed by atoms with E-state index in [2.05, 4.69) is 12.2 Å². The van der Waals surface area contributed by atoms with Gasteiger partial charge < -0.3 is 5.32 Å². The highest BCUT2D eigenvalue weighted by atomic mass is 32.1.